The van der Waals surface area contributed by atoms with E-state index >= 15 is 0 Å². The van der Waals surface area contributed by atoms with Gasteiger partial charge < -0.3 is 14.1 Å². The Hall–Kier alpha value is -1.52. The molecule has 1 aromatic heterocycles. The summed E-state index contributed by atoms with van der Waals surface area (Å²) in [7, 11) is 0. The first-order chi connectivity index (χ1) is 7.96. The van der Waals surface area contributed by atoms with E-state index in [4.69, 9.17) is 9.15 Å². The molecule has 17 heavy (non-hydrogen) atoms. The van der Waals surface area contributed by atoms with E-state index in [1.54, 1.807) is 17.4 Å². The van der Waals surface area contributed by atoms with Gasteiger partial charge in [-0.05, 0) is 27.2 Å². The predicted octanol–water partition coefficient (Wildman–Crippen LogP) is 2.40. The summed E-state index contributed by atoms with van der Waals surface area (Å²) >= 11 is 0. The number of nitrogens with zero attached hydrogens (tertiary/aromatic N) is 2. The van der Waals surface area contributed by atoms with Crippen LogP contribution in [-0.2, 0) is 4.74 Å². The van der Waals surface area contributed by atoms with E-state index in [0.717, 1.165) is 6.42 Å². The van der Waals surface area contributed by atoms with Gasteiger partial charge in [-0.25, -0.2) is 9.78 Å². The van der Waals surface area contributed by atoms with Crippen LogP contribution in [0.15, 0.2) is 16.9 Å². The SMILES string of the molecule is CC(C)(C)OC(=O)N1CCC(c2ncco2)C1. The van der Waals surface area contributed by atoms with Gasteiger partial charge in [0.25, 0.3) is 0 Å². The van der Waals surface area contributed by atoms with E-state index in [9.17, 15) is 4.79 Å². The van der Waals surface area contributed by atoms with E-state index < -0.39 is 5.60 Å². The highest BCUT2D eigenvalue weighted by atomic mass is 16.6. The Labute approximate surface area is 101 Å². The van der Waals surface area contributed by atoms with Crippen molar-refractivity contribution in [1.29, 1.82) is 0 Å². The third-order valence-electron chi connectivity index (χ3n) is 2.64. The van der Waals surface area contributed by atoms with Crippen LogP contribution in [0, 0.1) is 0 Å². The number of aromatic nitrogens is 1. The van der Waals surface area contributed by atoms with Crippen LogP contribution >= 0.6 is 0 Å². The van der Waals surface area contributed by atoms with Crippen LogP contribution in [0.2, 0.25) is 0 Å². The van der Waals surface area contributed by atoms with E-state index in [2.05, 4.69) is 4.98 Å². The number of amides is 1. The Bertz CT molecular complexity index is 381. The zero-order valence-electron chi connectivity index (χ0n) is 10.5. The third-order valence-corrected chi connectivity index (χ3v) is 2.64. The molecule has 0 aliphatic carbocycles. The molecule has 1 saturated heterocycles. The standard InChI is InChI=1S/C12H18N2O3/c1-12(2,3)17-11(15)14-6-4-9(8-14)10-13-5-7-16-10/h5,7,9H,4,6,8H2,1-3H3. The first-order valence-corrected chi connectivity index (χ1v) is 5.83. The fourth-order valence-electron chi connectivity index (χ4n) is 1.89. The Balaban J connectivity index is 1.92. The second-order valence-corrected chi connectivity index (χ2v) is 5.28. The molecule has 0 N–H and O–H groups in total. The first-order valence-electron chi connectivity index (χ1n) is 5.83. The van der Waals surface area contributed by atoms with Gasteiger partial charge in [0, 0.05) is 13.1 Å². The molecule has 2 heterocycles. The largest absolute Gasteiger partial charge is 0.449 e. The van der Waals surface area contributed by atoms with Gasteiger partial charge in [0.15, 0.2) is 5.89 Å². The number of hydrogen-bond donors (Lipinski definition) is 0. The zero-order valence-corrected chi connectivity index (χ0v) is 10.5. The average Bonchev–Trinajstić information content (AvgIpc) is 2.86. The van der Waals surface area contributed by atoms with Crippen LogP contribution in [0.25, 0.3) is 0 Å². The molecular formula is C12H18N2O3. The number of ether oxygens (including phenoxy) is 1. The van der Waals surface area contributed by atoms with Crippen molar-refractivity contribution in [3.63, 3.8) is 0 Å². The molecule has 0 spiro atoms. The highest BCUT2D eigenvalue weighted by Gasteiger charge is 2.32. The van der Waals surface area contributed by atoms with Crippen LogP contribution in [0.1, 0.15) is 39.0 Å². The maximum Gasteiger partial charge on any atom is 0.410 e. The number of oxazole rings is 1. The summed E-state index contributed by atoms with van der Waals surface area (Å²) in [4.78, 5) is 17.7. The fourth-order valence-corrected chi connectivity index (χ4v) is 1.89. The molecule has 0 saturated carbocycles. The normalized spacial score (nSPS) is 20.6. The Morgan fingerprint density at radius 3 is 2.94 bits per heavy atom. The van der Waals surface area contributed by atoms with Gasteiger partial charge in [0.05, 0.1) is 12.1 Å². The van der Waals surface area contributed by atoms with Gasteiger partial charge in [0.1, 0.15) is 11.9 Å². The topological polar surface area (TPSA) is 55.6 Å². The number of hydrogen-bond acceptors (Lipinski definition) is 4. The first kappa shape index (κ1) is 12.0. The van der Waals surface area contributed by atoms with Gasteiger partial charge in [-0.15, -0.1) is 0 Å². The molecule has 1 amide bonds. The van der Waals surface area contributed by atoms with Gasteiger partial charge in [0.2, 0.25) is 0 Å². The van der Waals surface area contributed by atoms with Crippen molar-refractivity contribution in [2.45, 2.75) is 38.7 Å². The van der Waals surface area contributed by atoms with Gasteiger partial charge >= 0.3 is 6.09 Å². The molecule has 1 aliphatic rings. The Morgan fingerprint density at radius 2 is 2.35 bits per heavy atom. The van der Waals surface area contributed by atoms with E-state index in [1.165, 1.54) is 0 Å². The molecule has 94 valence electrons. The van der Waals surface area contributed by atoms with E-state index in [1.807, 2.05) is 20.8 Å². The van der Waals surface area contributed by atoms with E-state index in [-0.39, 0.29) is 12.0 Å². The smallest absolute Gasteiger partial charge is 0.410 e. The Kier molecular flexibility index (Phi) is 3.09. The monoisotopic (exact) mass is 238 g/mol. The Morgan fingerprint density at radius 1 is 1.59 bits per heavy atom. The summed E-state index contributed by atoms with van der Waals surface area (Å²) in [6.45, 7) is 6.92. The molecule has 5 nitrogen and oxygen atoms in total. The second-order valence-electron chi connectivity index (χ2n) is 5.28. The lowest BCUT2D eigenvalue weighted by molar-refractivity contribution is 0.0291. The molecule has 0 bridgehead atoms. The summed E-state index contributed by atoms with van der Waals surface area (Å²) in [6, 6.07) is 0. The quantitative estimate of drug-likeness (QED) is 0.753. The summed E-state index contributed by atoms with van der Waals surface area (Å²) in [5, 5.41) is 0. The molecular weight excluding hydrogens is 220 g/mol. The summed E-state index contributed by atoms with van der Waals surface area (Å²) in [5.41, 5.74) is -0.446. The average molecular weight is 238 g/mol. The van der Waals surface area contributed by atoms with Crippen molar-refractivity contribution in [1.82, 2.24) is 9.88 Å². The van der Waals surface area contributed by atoms with Crippen molar-refractivity contribution in [3.8, 4) is 0 Å². The molecule has 0 aromatic carbocycles. The zero-order chi connectivity index (χ0) is 12.5. The van der Waals surface area contributed by atoms with Crippen LogP contribution < -0.4 is 0 Å². The van der Waals surface area contributed by atoms with Gasteiger partial charge in [-0.2, -0.15) is 0 Å². The minimum Gasteiger partial charge on any atom is -0.449 e. The van der Waals surface area contributed by atoms with Gasteiger partial charge in [-0.1, -0.05) is 0 Å². The minimum atomic E-state index is -0.446. The van der Waals surface area contributed by atoms with Crippen molar-refractivity contribution in [2.75, 3.05) is 13.1 Å². The lowest BCUT2D eigenvalue weighted by Crippen LogP contribution is -2.35. The highest BCUT2D eigenvalue weighted by Crippen LogP contribution is 2.26. The number of rotatable bonds is 1. The lowest BCUT2D eigenvalue weighted by atomic mass is 10.1. The maximum atomic E-state index is 11.8. The minimum absolute atomic E-state index is 0.192. The molecule has 1 aliphatic heterocycles. The molecule has 2 rings (SSSR count). The molecule has 1 aromatic rings. The van der Waals surface area contributed by atoms with Crippen LogP contribution in [0.5, 0.6) is 0 Å². The van der Waals surface area contributed by atoms with Crippen molar-refractivity contribution in [3.05, 3.63) is 18.4 Å². The lowest BCUT2D eigenvalue weighted by Gasteiger charge is -2.24. The van der Waals surface area contributed by atoms with Crippen molar-refractivity contribution >= 4 is 6.09 Å². The van der Waals surface area contributed by atoms with Gasteiger partial charge in [-0.3, -0.25) is 0 Å². The number of carbonyl (C=O) groups is 1. The molecule has 5 heteroatoms. The van der Waals surface area contributed by atoms with Crippen LogP contribution in [-0.4, -0.2) is 34.7 Å². The summed E-state index contributed by atoms with van der Waals surface area (Å²) in [6.07, 6.45) is 3.81. The number of carbonyl (C=O) groups excluding carboxylic acids is 1. The summed E-state index contributed by atoms with van der Waals surface area (Å²) < 4.78 is 10.6. The van der Waals surface area contributed by atoms with Crippen LogP contribution in [0.4, 0.5) is 4.79 Å². The molecule has 0 radical (unpaired) electrons. The highest BCUT2D eigenvalue weighted by molar-refractivity contribution is 5.68. The van der Waals surface area contributed by atoms with Crippen molar-refractivity contribution < 1.29 is 13.9 Å². The van der Waals surface area contributed by atoms with Crippen molar-refractivity contribution in [2.24, 2.45) is 0 Å². The number of likely N-dealkylation sites (tertiary alicyclic amines) is 1. The second kappa shape index (κ2) is 4.39. The fraction of sp³-hybridized carbons (Fsp3) is 0.667. The third kappa shape index (κ3) is 2.99. The maximum absolute atomic E-state index is 11.8. The van der Waals surface area contributed by atoms with Crippen LogP contribution in [0.3, 0.4) is 0 Å². The van der Waals surface area contributed by atoms with E-state index in [0.29, 0.717) is 19.0 Å². The summed E-state index contributed by atoms with van der Waals surface area (Å²) in [5.74, 6) is 0.897. The molecule has 1 atom stereocenters. The predicted molar refractivity (Wildman–Crippen MR) is 61.7 cm³/mol. The molecule has 1 unspecified atom stereocenters. The molecule has 1 fully saturated rings.